The fraction of sp³-hybridized carbons (Fsp3) is 0.643. The molecule has 1 aromatic heterocycles. The van der Waals surface area contributed by atoms with Crippen molar-refractivity contribution in [1.82, 2.24) is 10.2 Å². The molecule has 1 heterocycles. The highest BCUT2D eigenvalue weighted by Gasteiger charge is 2.10. The average Bonchev–Trinajstić information content (AvgIpc) is 2.70. The van der Waals surface area contributed by atoms with Crippen LogP contribution in [0.3, 0.4) is 0 Å². The van der Waals surface area contributed by atoms with Crippen LogP contribution in [0.15, 0.2) is 11.4 Å². The molecular weight excluding hydrogens is 244 g/mol. The van der Waals surface area contributed by atoms with Gasteiger partial charge in [0.05, 0.1) is 6.54 Å². The van der Waals surface area contributed by atoms with Crippen LogP contribution in [0.2, 0.25) is 0 Å². The maximum atomic E-state index is 11.8. The van der Waals surface area contributed by atoms with Crippen LogP contribution in [0, 0.1) is 12.8 Å². The molecule has 0 aliphatic rings. The lowest BCUT2D eigenvalue weighted by Crippen LogP contribution is -2.37. The highest BCUT2D eigenvalue weighted by atomic mass is 32.1. The van der Waals surface area contributed by atoms with Crippen LogP contribution in [0.4, 0.5) is 4.79 Å². The Balaban J connectivity index is 2.27. The Labute approximate surface area is 114 Å². The highest BCUT2D eigenvalue weighted by Crippen LogP contribution is 2.17. The largest absolute Gasteiger partial charge is 0.338 e. The lowest BCUT2D eigenvalue weighted by molar-refractivity contribution is 0.207. The van der Waals surface area contributed by atoms with Gasteiger partial charge >= 0.3 is 6.03 Å². The Morgan fingerprint density at radius 2 is 2.22 bits per heavy atom. The van der Waals surface area contributed by atoms with Crippen molar-refractivity contribution in [2.45, 2.75) is 40.2 Å². The van der Waals surface area contributed by atoms with E-state index in [0.29, 0.717) is 12.5 Å². The lowest BCUT2D eigenvalue weighted by atomic mass is 10.1. The normalized spacial score (nSPS) is 10.7. The Hall–Kier alpha value is -1.03. The smallest absolute Gasteiger partial charge is 0.317 e. The molecule has 0 bridgehead atoms. The summed E-state index contributed by atoms with van der Waals surface area (Å²) in [6, 6.07) is 2.11. The van der Waals surface area contributed by atoms with Crippen LogP contribution in [0.1, 0.15) is 37.1 Å². The van der Waals surface area contributed by atoms with E-state index in [9.17, 15) is 4.79 Å². The van der Waals surface area contributed by atoms with E-state index in [-0.39, 0.29) is 6.03 Å². The molecule has 3 nitrogen and oxygen atoms in total. The molecule has 0 aliphatic carbocycles. The number of urea groups is 1. The van der Waals surface area contributed by atoms with Gasteiger partial charge in [-0.15, -0.1) is 11.3 Å². The van der Waals surface area contributed by atoms with E-state index in [1.54, 1.807) is 16.2 Å². The monoisotopic (exact) mass is 268 g/mol. The number of rotatable bonds is 6. The van der Waals surface area contributed by atoms with Crippen molar-refractivity contribution < 1.29 is 4.79 Å². The summed E-state index contributed by atoms with van der Waals surface area (Å²) in [5.41, 5.74) is 1.26. The van der Waals surface area contributed by atoms with Gasteiger partial charge in [-0.1, -0.05) is 13.8 Å². The quantitative estimate of drug-likeness (QED) is 0.785. The van der Waals surface area contributed by atoms with Crippen LogP contribution in [0.5, 0.6) is 0 Å². The van der Waals surface area contributed by atoms with Gasteiger partial charge in [-0.3, -0.25) is 0 Å². The standard InChI is InChI=1S/C14H24N2OS/c1-11(2)6-5-8-15-14(17)16(4)10-13-12(3)7-9-18-13/h7,9,11H,5-6,8,10H2,1-4H3,(H,15,17). The second kappa shape index (κ2) is 7.41. The summed E-state index contributed by atoms with van der Waals surface area (Å²) in [6.45, 7) is 7.95. The minimum absolute atomic E-state index is 0.0200. The molecule has 102 valence electrons. The van der Waals surface area contributed by atoms with E-state index >= 15 is 0 Å². The number of hydrogen-bond donors (Lipinski definition) is 1. The molecule has 0 radical (unpaired) electrons. The molecule has 0 aliphatic heterocycles. The van der Waals surface area contributed by atoms with E-state index in [2.05, 4.69) is 37.5 Å². The first-order chi connectivity index (χ1) is 8.50. The maximum Gasteiger partial charge on any atom is 0.317 e. The summed E-state index contributed by atoms with van der Waals surface area (Å²) in [7, 11) is 1.84. The third-order valence-corrected chi connectivity index (χ3v) is 3.94. The number of nitrogens with one attached hydrogen (secondary N) is 1. The fourth-order valence-electron chi connectivity index (χ4n) is 1.69. The molecule has 1 rings (SSSR count). The van der Waals surface area contributed by atoms with Gasteiger partial charge in [0, 0.05) is 18.5 Å². The van der Waals surface area contributed by atoms with Crippen molar-refractivity contribution in [3.63, 3.8) is 0 Å². The van der Waals surface area contributed by atoms with Gasteiger partial charge in [0.2, 0.25) is 0 Å². The number of hydrogen-bond acceptors (Lipinski definition) is 2. The third kappa shape index (κ3) is 5.08. The van der Waals surface area contributed by atoms with E-state index in [0.717, 1.165) is 19.4 Å². The topological polar surface area (TPSA) is 32.3 Å². The van der Waals surface area contributed by atoms with Gasteiger partial charge in [0.1, 0.15) is 0 Å². The Bertz CT molecular complexity index is 374. The van der Waals surface area contributed by atoms with Crippen molar-refractivity contribution in [3.8, 4) is 0 Å². The first-order valence-electron chi connectivity index (χ1n) is 6.52. The number of nitrogens with zero attached hydrogens (tertiary/aromatic N) is 1. The van der Waals surface area contributed by atoms with Crippen molar-refractivity contribution in [2.24, 2.45) is 5.92 Å². The molecular formula is C14H24N2OS. The van der Waals surface area contributed by atoms with E-state index < -0.39 is 0 Å². The molecule has 0 aromatic carbocycles. The summed E-state index contributed by atoms with van der Waals surface area (Å²) in [6.07, 6.45) is 2.21. The summed E-state index contributed by atoms with van der Waals surface area (Å²) >= 11 is 1.71. The molecule has 0 unspecified atom stereocenters. The molecule has 0 saturated carbocycles. The van der Waals surface area contributed by atoms with E-state index in [1.165, 1.54) is 10.4 Å². The van der Waals surface area contributed by atoms with Crippen LogP contribution in [-0.2, 0) is 6.54 Å². The van der Waals surface area contributed by atoms with Gasteiger partial charge in [0.25, 0.3) is 0 Å². The summed E-state index contributed by atoms with van der Waals surface area (Å²) in [5, 5.41) is 5.03. The summed E-state index contributed by atoms with van der Waals surface area (Å²) < 4.78 is 0. The number of amides is 2. The first kappa shape index (κ1) is 15.0. The maximum absolute atomic E-state index is 11.8. The summed E-state index contributed by atoms with van der Waals surface area (Å²) in [5.74, 6) is 0.702. The minimum atomic E-state index is 0.0200. The zero-order chi connectivity index (χ0) is 13.5. The third-order valence-electron chi connectivity index (χ3n) is 2.93. The molecule has 2 amide bonds. The molecule has 0 spiro atoms. The van der Waals surface area contributed by atoms with Gasteiger partial charge < -0.3 is 10.2 Å². The highest BCUT2D eigenvalue weighted by molar-refractivity contribution is 7.10. The fourth-order valence-corrected chi connectivity index (χ4v) is 2.65. The van der Waals surface area contributed by atoms with Crippen molar-refractivity contribution in [2.75, 3.05) is 13.6 Å². The number of carbonyl (C=O) groups excluding carboxylic acids is 1. The minimum Gasteiger partial charge on any atom is -0.338 e. The molecule has 0 atom stereocenters. The second-order valence-corrected chi connectivity index (χ2v) is 6.15. The molecule has 4 heteroatoms. The number of thiophene rings is 1. The second-order valence-electron chi connectivity index (χ2n) is 5.15. The predicted octanol–water partition coefficient (Wildman–Crippen LogP) is 3.63. The molecule has 0 fully saturated rings. The zero-order valence-corrected chi connectivity index (χ0v) is 12.6. The van der Waals surface area contributed by atoms with Crippen LogP contribution in [-0.4, -0.2) is 24.5 Å². The first-order valence-corrected chi connectivity index (χ1v) is 7.40. The molecule has 0 saturated heterocycles. The number of carbonyl (C=O) groups is 1. The van der Waals surface area contributed by atoms with Crippen molar-refractivity contribution in [3.05, 3.63) is 21.9 Å². The Morgan fingerprint density at radius 3 is 2.78 bits per heavy atom. The predicted molar refractivity (Wildman–Crippen MR) is 78.0 cm³/mol. The van der Waals surface area contributed by atoms with Gasteiger partial charge in [-0.25, -0.2) is 4.79 Å². The summed E-state index contributed by atoms with van der Waals surface area (Å²) in [4.78, 5) is 14.8. The zero-order valence-electron chi connectivity index (χ0n) is 11.8. The molecule has 1 aromatic rings. The van der Waals surface area contributed by atoms with Crippen LogP contribution >= 0.6 is 11.3 Å². The number of aryl methyl sites for hydroxylation is 1. The SMILES string of the molecule is Cc1ccsc1CN(C)C(=O)NCCCC(C)C. The van der Waals surface area contributed by atoms with E-state index in [1.807, 2.05) is 7.05 Å². The van der Waals surface area contributed by atoms with Crippen LogP contribution in [0.25, 0.3) is 0 Å². The lowest BCUT2D eigenvalue weighted by Gasteiger charge is -2.18. The Morgan fingerprint density at radius 1 is 1.50 bits per heavy atom. The average molecular weight is 268 g/mol. The van der Waals surface area contributed by atoms with Gasteiger partial charge in [-0.05, 0) is 42.7 Å². The Kier molecular flexibility index (Phi) is 6.19. The molecule has 18 heavy (non-hydrogen) atoms. The van der Waals surface area contributed by atoms with Crippen molar-refractivity contribution >= 4 is 17.4 Å². The van der Waals surface area contributed by atoms with Crippen LogP contribution < -0.4 is 5.32 Å². The van der Waals surface area contributed by atoms with Gasteiger partial charge in [0.15, 0.2) is 0 Å². The molecule has 1 N–H and O–H groups in total. The van der Waals surface area contributed by atoms with E-state index in [4.69, 9.17) is 0 Å². The van der Waals surface area contributed by atoms with Gasteiger partial charge in [-0.2, -0.15) is 0 Å². The van der Waals surface area contributed by atoms with Crippen molar-refractivity contribution in [1.29, 1.82) is 0 Å².